The van der Waals surface area contributed by atoms with Crippen molar-refractivity contribution in [1.29, 1.82) is 0 Å². The van der Waals surface area contributed by atoms with E-state index in [-0.39, 0.29) is 30.6 Å². The van der Waals surface area contributed by atoms with Crippen molar-refractivity contribution in [2.24, 2.45) is 5.92 Å². The number of aliphatic carboxylic acids is 1. The molecule has 0 aromatic heterocycles. The highest BCUT2D eigenvalue weighted by Crippen LogP contribution is 2.40. The first-order valence-electron chi connectivity index (χ1n) is 7.42. The molecule has 1 aromatic rings. The molecule has 0 saturated carbocycles. The van der Waals surface area contributed by atoms with Crippen LogP contribution in [0, 0.1) is 5.92 Å². The molecule has 2 saturated heterocycles. The van der Waals surface area contributed by atoms with E-state index in [0.717, 1.165) is 24.9 Å². The quantitative estimate of drug-likeness (QED) is 0.895. The Hall–Kier alpha value is -2.08. The second-order valence-electron chi connectivity index (χ2n) is 5.79. The molecule has 0 radical (unpaired) electrons. The van der Waals surface area contributed by atoms with Gasteiger partial charge in [-0.2, -0.15) is 0 Å². The monoisotopic (exact) mass is 305 g/mol. The van der Waals surface area contributed by atoms with Gasteiger partial charge in [0, 0.05) is 12.7 Å². The second-order valence-corrected chi connectivity index (χ2v) is 5.79. The molecule has 22 heavy (non-hydrogen) atoms. The van der Waals surface area contributed by atoms with Gasteiger partial charge >= 0.3 is 5.97 Å². The van der Waals surface area contributed by atoms with E-state index in [4.69, 9.17) is 14.6 Å². The highest BCUT2D eigenvalue weighted by Gasteiger charge is 2.45. The molecule has 1 N–H and O–H groups in total. The average molecular weight is 305 g/mol. The van der Waals surface area contributed by atoms with Crippen LogP contribution in [0.3, 0.4) is 0 Å². The lowest BCUT2D eigenvalue weighted by Gasteiger charge is -2.25. The van der Waals surface area contributed by atoms with Crippen molar-refractivity contribution in [3.05, 3.63) is 24.3 Å². The standard InChI is InChI=1S/C16H19NO5/c1-17(16(20)13-8-12-6-7-14(13)22-12)10-2-4-11(5-3-10)21-9-15(18)19/h2-5,12-14H,6-9H2,1H3,(H,18,19). The number of carboxylic acid groups (broad SMARTS) is 1. The molecule has 6 heteroatoms. The molecular formula is C16H19NO5. The zero-order valence-corrected chi connectivity index (χ0v) is 12.4. The van der Waals surface area contributed by atoms with Gasteiger partial charge in [-0.3, -0.25) is 4.79 Å². The molecule has 0 aliphatic carbocycles. The Labute approximate surface area is 128 Å². The molecule has 1 amide bonds. The molecule has 3 rings (SSSR count). The summed E-state index contributed by atoms with van der Waals surface area (Å²) in [6.07, 6.45) is 3.16. The summed E-state index contributed by atoms with van der Waals surface area (Å²) in [7, 11) is 1.75. The van der Waals surface area contributed by atoms with E-state index in [1.165, 1.54) is 0 Å². The molecule has 0 spiro atoms. The van der Waals surface area contributed by atoms with Crippen LogP contribution in [0.15, 0.2) is 24.3 Å². The number of fused-ring (bicyclic) bond motifs is 2. The van der Waals surface area contributed by atoms with Gasteiger partial charge in [-0.05, 0) is 43.5 Å². The normalized spacial score (nSPS) is 26.0. The number of benzene rings is 1. The largest absolute Gasteiger partial charge is 0.482 e. The van der Waals surface area contributed by atoms with Gasteiger partial charge in [-0.1, -0.05) is 0 Å². The Balaban J connectivity index is 1.63. The van der Waals surface area contributed by atoms with Crippen molar-refractivity contribution < 1.29 is 24.2 Å². The molecule has 6 nitrogen and oxygen atoms in total. The van der Waals surface area contributed by atoms with Crippen LogP contribution in [0.1, 0.15) is 19.3 Å². The molecular weight excluding hydrogens is 286 g/mol. The summed E-state index contributed by atoms with van der Waals surface area (Å²) < 4.78 is 10.8. The summed E-state index contributed by atoms with van der Waals surface area (Å²) >= 11 is 0. The third-order valence-corrected chi connectivity index (χ3v) is 4.34. The number of carbonyl (C=O) groups is 2. The summed E-state index contributed by atoms with van der Waals surface area (Å²) in [6, 6.07) is 6.84. The third-order valence-electron chi connectivity index (χ3n) is 4.34. The molecule has 1 aromatic carbocycles. The van der Waals surface area contributed by atoms with Gasteiger partial charge in [0.25, 0.3) is 0 Å². The van der Waals surface area contributed by atoms with E-state index in [0.29, 0.717) is 5.75 Å². The number of carboxylic acids is 1. The maximum atomic E-state index is 12.6. The van der Waals surface area contributed by atoms with Crippen molar-refractivity contribution in [2.75, 3.05) is 18.6 Å². The van der Waals surface area contributed by atoms with Gasteiger partial charge in [0.1, 0.15) is 5.75 Å². The lowest BCUT2D eigenvalue weighted by Crippen LogP contribution is -2.37. The number of anilines is 1. The number of nitrogens with zero attached hydrogens (tertiary/aromatic N) is 1. The van der Waals surface area contributed by atoms with Crippen LogP contribution in [0.5, 0.6) is 5.75 Å². The summed E-state index contributed by atoms with van der Waals surface area (Å²) in [6.45, 7) is -0.378. The second kappa shape index (κ2) is 5.96. The van der Waals surface area contributed by atoms with Gasteiger partial charge in [0.2, 0.25) is 5.91 Å². The van der Waals surface area contributed by atoms with Crippen LogP contribution in [0.2, 0.25) is 0 Å². The van der Waals surface area contributed by atoms with Crippen LogP contribution >= 0.6 is 0 Å². The van der Waals surface area contributed by atoms with Crippen molar-refractivity contribution in [2.45, 2.75) is 31.5 Å². The summed E-state index contributed by atoms with van der Waals surface area (Å²) in [5.74, 6) is -0.527. The molecule has 3 atom stereocenters. The van der Waals surface area contributed by atoms with E-state index in [1.807, 2.05) is 0 Å². The minimum Gasteiger partial charge on any atom is -0.482 e. The zero-order chi connectivity index (χ0) is 15.7. The van der Waals surface area contributed by atoms with Gasteiger partial charge in [0.05, 0.1) is 18.1 Å². The molecule has 3 unspecified atom stereocenters. The Morgan fingerprint density at radius 1 is 1.32 bits per heavy atom. The maximum absolute atomic E-state index is 12.6. The number of ether oxygens (including phenoxy) is 2. The van der Waals surface area contributed by atoms with Crippen molar-refractivity contribution in [3.8, 4) is 5.75 Å². The van der Waals surface area contributed by atoms with E-state index >= 15 is 0 Å². The van der Waals surface area contributed by atoms with E-state index in [9.17, 15) is 9.59 Å². The number of hydrogen-bond acceptors (Lipinski definition) is 4. The predicted molar refractivity (Wildman–Crippen MR) is 79.0 cm³/mol. The summed E-state index contributed by atoms with van der Waals surface area (Å²) in [5, 5.41) is 8.57. The van der Waals surface area contributed by atoms with Crippen molar-refractivity contribution in [1.82, 2.24) is 0 Å². The van der Waals surface area contributed by atoms with Crippen molar-refractivity contribution in [3.63, 3.8) is 0 Å². The number of rotatable bonds is 5. The number of amides is 1. The van der Waals surface area contributed by atoms with Crippen LogP contribution in [0.4, 0.5) is 5.69 Å². The fourth-order valence-corrected chi connectivity index (χ4v) is 3.18. The lowest BCUT2D eigenvalue weighted by molar-refractivity contribution is -0.139. The van der Waals surface area contributed by atoms with Gasteiger partial charge in [-0.15, -0.1) is 0 Å². The first-order chi connectivity index (χ1) is 10.5. The van der Waals surface area contributed by atoms with Crippen LogP contribution in [-0.2, 0) is 14.3 Å². The topological polar surface area (TPSA) is 76.1 Å². The van der Waals surface area contributed by atoms with Gasteiger partial charge < -0.3 is 19.5 Å². The fourth-order valence-electron chi connectivity index (χ4n) is 3.18. The van der Waals surface area contributed by atoms with E-state index < -0.39 is 5.97 Å². The Morgan fingerprint density at radius 2 is 2.05 bits per heavy atom. The molecule has 2 heterocycles. The van der Waals surface area contributed by atoms with Crippen LogP contribution < -0.4 is 9.64 Å². The smallest absolute Gasteiger partial charge is 0.341 e. The Kier molecular flexibility index (Phi) is 4.02. The van der Waals surface area contributed by atoms with Crippen LogP contribution in [-0.4, -0.2) is 42.8 Å². The summed E-state index contributed by atoms with van der Waals surface area (Å²) in [4.78, 5) is 24.7. The minimum atomic E-state index is -1.02. The number of hydrogen-bond donors (Lipinski definition) is 1. The van der Waals surface area contributed by atoms with Gasteiger partial charge in [-0.25, -0.2) is 4.79 Å². The minimum absolute atomic E-state index is 0.0494. The van der Waals surface area contributed by atoms with Crippen LogP contribution in [0.25, 0.3) is 0 Å². The maximum Gasteiger partial charge on any atom is 0.341 e. The Bertz CT molecular complexity index is 570. The highest BCUT2D eigenvalue weighted by molar-refractivity contribution is 5.95. The Morgan fingerprint density at radius 3 is 2.59 bits per heavy atom. The highest BCUT2D eigenvalue weighted by atomic mass is 16.5. The molecule has 2 aliphatic rings. The summed E-state index contributed by atoms with van der Waals surface area (Å²) in [5.41, 5.74) is 0.760. The first kappa shape index (κ1) is 14.8. The molecule has 2 fully saturated rings. The predicted octanol–water partition coefficient (Wildman–Crippen LogP) is 1.68. The molecule has 118 valence electrons. The van der Waals surface area contributed by atoms with E-state index in [1.54, 1.807) is 36.2 Å². The van der Waals surface area contributed by atoms with Crippen molar-refractivity contribution >= 4 is 17.6 Å². The molecule has 2 bridgehead atoms. The first-order valence-corrected chi connectivity index (χ1v) is 7.42. The zero-order valence-electron chi connectivity index (χ0n) is 12.4. The SMILES string of the molecule is CN(C(=O)C1CC2CCC1O2)c1ccc(OCC(=O)O)cc1. The number of carbonyl (C=O) groups excluding carboxylic acids is 1. The lowest BCUT2D eigenvalue weighted by atomic mass is 9.88. The third kappa shape index (κ3) is 2.92. The molecule has 2 aliphatic heterocycles. The van der Waals surface area contributed by atoms with E-state index in [2.05, 4.69) is 0 Å². The van der Waals surface area contributed by atoms with Gasteiger partial charge in [0.15, 0.2) is 6.61 Å². The average Bonchev–Trinajstić information content (AvgIpc) is 3.15. The fraction of sp³-hybridized carbons (Fsp3) is 0.500.